The predicted molar refractivity (Wildman–Crippen MR) is 74.5 cm³/mol. The van der Waals surface area contributed by atoms with Gasteiger partial charge in [-0.15, -0.1) is 0 Å². The van der Waals surface area contributed by atoms with Gasteiger partial charge in [0, 0.05) is 24.3 Å². The summed E-state index contributed by atoms with van der Waals surface area (Å²) in [6, 6.07) is 2.98. The van der Waals surface area contributed by atoms with Gasteiger partial charge in [-0.25, -0.2) is 4.98 Å². The maximum atomic E-state index is 12.2. The van der Waals surface area contributed by atoms with Crippen molar-refractivity contribution >= 4 is 23.4 Å². The Morgan fingerprint density at radius 3 is 3.05 bits per heavy atom. The Morgan fingerprint density at radius 1 is 1.45 bits per heavy atom. The van der Waals surface area contributed by atoms with Gasteiger partial charge in [0.2, 0.25) is 5.91 Å². The van der Waals surface area contributed by atoms with Crippen LogP contribution in [-0.4, -0.2) is 40.3 Å². The van der Waals surface area contributed by atoms with Gasteiger partial charge in [0.05, 0.1) is 0 Å². The number of piperidine rings is 1. The number of aromatic nitrogens is 1. The third-order valence-corrected chi connectivity index (χ3v) is 4.22. The van der Waals surface area contributed by atoms with E-state index in [0.29, 0.717) is 18.0 Å². The van der Waals surface area contributed by atoms with Crippen LogP contribution in [-0.2, 0) is 4.79 Å². The molecule has 5 nitrogen and oxygen atoms in total. The van der Waals surface area contributed by atoms with E-state index >= 15 is 0 Å². The van der Waals surface area contributed by atoms with E-state index in [4.69, 9.17) is 11.6 Å². The molecule has 2 atom stereocenters. The number of pyridine rings is 1. The monoisotopic (exact) mass is 293 g/mol. The molecule has 0 radical (unpaired) electrons. The quantitative estimate of drug-likeness (QED) is 0.843. The lowest BCUT2D eigenvalue weighted by Crippen LogP contribution is -2.43. The van der Waals surface area contributed by atoms with Gasteiger partial charge in [-0.2, -0.15) is 0 Å². The van der Waals surface area contributed by atoms with E-state index < -0.39 is 6.04 Å². The van der Waals surface area contributed by atoms with E-state index in [0.717, 1.165) is 25.8 Å². The minimum atomic E-state index is -0.405. The fourth-order valence-corrected chi connectivity index (χ4v) is 3.19. The van der Waals surface area contributed by atoms with Crippen molar-refractivity contribution in [2.24, 2.45) is 0 Å². The molecule has 106 valence electrons. The first-order valence-electron chi connectivity index (χ1n) is 6.88. The zero-order valence-electron chi connectivity index (χ0n) is 11.0. The second kappa shape index (κ2) is 5.40. The molecule has 6 heteroatoms. The molecule has 2 unspecified atom stereocenters. The molecule has 0 bridgehead atoms. The van der Waals surface area contributed by atoms with Gasteiger partial charge in [0.25, 0.3) is 5.91 Å². The maximum Gasteiger partial charge on any atom is 0.252 e. The van der Waals surface area contributed by atoms with Crippen molar-refractivity contribution < 1.29 is 9.59 Å². The van der Waals surface area contributed by atoms with Crippen LogP contribution in [0.1, 0.15) is 36.0 Å². The van der Waals surface area contributed by atoms with Gasteiger partial charge in [-0.1, -0.05) is 11.6 Å². The lowest BCUT2D eigenvalue weighted by Gasteiger charge is -2.28. The summed E-state index contributed by atoms with van der Waals surface area (Å²) in [5.41, 5.74) is 0.433. The number of amides is 2. The Balaban J connectivity index is 1.69. The summed E-state index contributed by atoms with van der Waals surface area (Å²) in [4.78, 5) is 30.1. The number of rotatable bonds is 2. The van der Waals surface area contributed by atoms with Gasteiger partial charge in [-0.3, -0.25) is 9.59 Å². The molecular weight excluding hydrogens is 278 g/mol. The Bertz CT molecular complexity index is 549. The molecule has 20 heavy (non-hydrogen) atoms. The first kappa shape index (κ1) is 13.4. The first-order chi connectivity index (χ1) is 9.65. The Kier molecular flexibility index (Phi) is 3.61. The molecule has 0 spiro atoms. The van der Waals surface area contributed by atoms with Crippen molar-refractivity contribution in [2.75, 3.05) is 6.54 Å². The summed E-state index contributed by atoms with van der Waals surface area (Å²) in [6.07, 6.45) is 5.46. The van der Waals surface area contributed by atoms with E-state index in [-0.39, 0.29) is 17.0 Å². The number of carbonyl (C=O) groups excluding carboxylic acids is 2. The summed E-state index contributed by atoms with van der Waals surface area (Å²) in [5, 5.41) is 3.08. The number of carbonyl (C=O) groups is 2. The smallest absolute Gasteiger partial charge is 0.252 e. The first-order valence-corrected chi connectivity index (χ1v) is 7.26. The van der Waals surface area contributed by atoms with Gasteiger partial charge < -0.3 is 10.2 Å². The summed E-state index contributed by atoms with van der Waals surface area (Å²) < 4.78 is 0. The van der Waals surface area contributed by atoms with Crippen LogP contribution >= 0.6 is 11.6 Å². The molecule has 3 rings (SSSR count). The summed E-state index contributed by atoms with van der Waals surface area (Å²) in [7, 11) is 0. The van der Waals surface area contributed by atoms with Crippen LogP contribution in [0.2, 0.25) is 5.15 Å². The molecule has 0 aliphatic carbocycles. The molecule has 2 aliphatic rings. The van der Waals surface area contributed by atoms with Crippen molar-refractivity contribution in [3.05, 3.63) is 29.0 Å². The van der Waals surface area contributed by atoms with E-state index in [1.807, 2.05) is 4.90 Å². The molecule has 1 aromatic rings. The fraction of sp³-hybridized carbons (Fsp3) is 0.500. The highest BCUT2D eigenvalue weighted by Gasteiger charge is 2.41. The van der Waals surface area contributed by atoms with Crippen molar-refractivity contribution in [1.29, 1.82) is 0 Å². The Hall–Kier alpha value is -1.62. The Morgan fingerprint density at radius 2 is 2.30 bits per heavy atom. The zero-order chi connectivity index (χ0) is 14.1. The second-order valence-electron chi connectivity index (χ2n) is 5.31. The molecule has 2 fully saturated rings. The highest BCUT2D eigenvalue weighted by molar-refractivity contribution is 6.29. The van der Waals surface area contributed by atoms with Crippen molar-refractivity contribution in [3.63, 3.8) is 0 Å². The number of nitrogens with zero attached hydrogens (tertiary/aromatic N) is 2. The largest absolute Gasteiger partial charge is 0.340 e. The molecule has 0 saturated carbocycles. The van der Waals surface area contributed by atoms with Crippen molar-refractivity contribution in [3.8, 4) is 0 Å². The standard InChI is InChI=1S/C14H16ClN3O2/c15-12-7-9(4-5-16-12)13(19)17-11-8-10-3-1-2-6-18(10)14(11)20/h4-5,7,10-11H,1-3,6,8H2,(H,17,19). The lowest BCUT2D eigenvalue weighted by atomic mass is 10.0. The van der Waals surface area contributed by atoms with E-state index in [9.17, 15) is 9.59 Å². The predicted octanol–water partition coefficient (Wildman–Crippen LogP) is 1.62. The van der Waals surface area contributed by atoms with Crippen LogP contribution in [0.15, 0.2) is 18.3 Å². The number of hydrogen-bond acceptors (Lipinski definition) is 3. The van der Waals surface area contributed by atoms with Gasteiger partial charge >= 0.3 is 0 Å². The molecule has 0 aromatic carbocycles. The van der Waals surface area contributed by atoms with Crippen molar-refractivity contribution in [1.82, 2.24) is 15.2 Å². The highest BCUT2D eigenvalue weighted by Crippen LogP contribution is 2.28. The van der Waals surface area contributed by atoms with Crippen LogP contribution in [0, 0.1) is 0 Å². The van der Waals surface area contributed by atoms with Crippen LogP contribution in [0.5, 0.6) is 0 Å². The topological polar surface area (TPSA) is 62.3 Å². The fourth-order valence-electron chi connectivity index (χ4n) is 3.01. The van der Waals surface area contributed by atoms with E-state index in [1.54, 1.807) is 6.07 Å². The van der Waals surface area contributed by atoms with Crippen LogP contribution in [0.25, 0.3) is 0 Å². The average Bonchev–Trinajstić information content (AvgIpc) is 2.76. The molecular formula is C14H16ClN3O2. The molecule has 1 N–H and O–H groups in total. The number of fused-ring (bicyclic) bond motifs is 1. The average molecular weight is 294 g/mol. The molecule has 3 heterocycles. The molecule has 2 aliphatic heterocycles. The molecule has 1 aromatic heterocycles. The number of hydrogen-bond donors (Lipinski definition) is 1. The normalized spacial score (nSPS) is 25.4. The third kappa shape index (κ3) is 2.50. The second-order valence-corrected chi connectivity index (χ2v) is 5.70. The third-order valence-electron chi connectivity index (χ3n) is 4.01. The number of nitrogens with one attached hydrogen (secondary N) is 1. The van der Waals surface area contributed by atoms with E-state index in [1.165, 1.54) is 12.3 Å². The summed E-state index contributed by atoms with van der Waals surface area (Å²) in [6.45, 7) is 0.816. The van der Waals surface area contributed by atoms with Crippen LogP contribution < -0.4 is 5.32 Å². The summed E-state index contributed by atoms with van der Waals surface area (Å²) in [5.74, 6) is -0.226. The van der Waals surface area contributed by atoms with Gasteiger partial charge in [-0.05, 0) is 37.8 Å². The van der Waals surface area contributed by atoms with E-state index in [2.05, 4.69) is 10.3 Å². The lowest BCUT2D eigenvalue weighted by molar-refractivity contribution is -0.131. The number of halogens is 1. The van der Waals surface area contributed by atoms with Gasteiger partial charge in [0.1, 0.15) is 11.2 Å². The SMILES string of the molecule is O=C(NC1CC2CCCCN2C1=O)c1ccnc(Cl)c1. The Labute approximate surface area is 122 Å². The zero-order valence-corrected chi connectivity index (χ0v) is 11.8. The summed E-state index contributed by atoms with van der Waals surface area (Å²) >= 11 is 5.77. The minimum absolute atomic E-state index is 0.0446. The maximum absolute atomic E-state index is 12.2. The van der Waals surface area contributed by atoms with Crippen molar-refractivity contribution in [2.45, 2.75) is 37.8 Å². The molecule has 2 amide bonds. The minimum Gasteiger partial charge on any atom is -0.340 e. The highest BCUT2D eigenvalue weighted by atomic mass is 35.5. The molecule has 2 saturated heterocycles. The van der Waals surface area contributed by atoms with Crippen LogP contribution in [0.3, 0.4) is 0 Å². The van der Waals surface area contributed by atoms with Gasteiger partial charge in [0.15, 0.2) is 0 Å². The van der Waals surface area contributed by atoms with Crippen LogP contribution in [0.4, 0.5) is 0 Å².